The molecule has 4 fully saturated rings. The van der Waals surface area contributed by atoms with E-state index < -0.39 is 0 Å². The molecule has 1 N–H and O–H groups in total. The maximum Gasteiger partial charge on any atom is 0.150 e. The number of para-hydroxylation sites is 1. The summed E-state index contributed by atoms with van der Waals surface area (Å²) in [6.45, 7) is 10.3. The van der Waals surface area contributed by atoms with E-state index in [1.807, 2.05) is 0 Å². The number of ketones is 1. The molecule has 1 aromatic carbocycles. The predicted molar refractivity (Wildman–Crippen MR) is 99.4 cm³/mol. The fraction of sp³-hybridized carbons (Fsp3) is 0.571. The number of benzene rings is 1. The molecule has 25 heavy (non-hydrogen) atoms. The zero-order chi connectivity index (χ0) is 17.4. The van der Waals surface area contributed by atoms with Crippen molar-refractivity contribution in [2.75, 3.05) is 26.2 Å². The van der Waals surface area contributed by atoms with Crippen LogP contribution < -0.4 is 0 Å². The standard InChI is InChI=1S/C21H27N3O/c1-4-20-10-23-12-21(5-2,19(20)25)13-24(11-20)18(23)17-14(3)22-16-9-7-6-8-15(16)17/h6-9,18,22H,4-5,10-13H2,1-3H3. The first-order chi connectivity index (χ1) is 12.0. The fourth-order valence-corrected chi connectivity index (χ4v) is 5.96. The van der Waals surface area contributed by atoms with Crippen molar-refractivity contribution in [3.8, 4) is 0 Å². The number of aromatic nitrogens is 1. The van der Waals surface area contributed by atoms with Gasteiger partial charge in [0.05, 0.1) is 17.0 Å². The Hall–Kier alpha value is -1.65. The Bertz CT molecular complexity index is 825. The third-order valence-electron chi connectivity index (χ3n) is 7.23. The molecule has 4 nitrogen and oxygen atoms in total. The van der Waals surface area contributed by atoms with Crippen LogP contribution in [-0.4, -0.2) is 46.7 Å². The SMILES string of the molecule is CCC12CN3CC(CC)(CN(C1)C3c1c(C)[nH]c3ccccc13)C2=O. The summed E-state index contributed by atoms with van der Waals surface area (Å²) in [4.78, 5) is 22.1. The maximum atomic E-state index is 13.3. The number of aromatic amines is 1. The second kappa shape index (κ2) is 4.95. The number of carbonyl (C=O) groups excluding carboxylic acids is 1. The third kappa shape index (κ3) is 1.82. The van der Waals surface area contributed by atoms with Gasteiger partial charge in [-0.1, -0.05) is 32.0 Å². The van der Waals surface area contributed by atoms with Gasteiger partial charge < -0.3 is 4.98 Å². The van der Waals surface area contributed by atoms with Crippen LogP contribution >= 0.6 is 0 Å². The lowest BCUT2D eigenvalue weighted by Gasteiger charge is -2.66. The number of hydrogen-bond donors (Lipinski definition) is 1. The van der Waals surface area contributed by atoms with Crippen LogP contribution in [0.25, 0.3) is 10.9 Å². The quantitative estimate of drug-likeness (QED) is 0.932. The molecule has 4 aliphatic heterocycles. The van der Waals surface area contributed by atoms with Gasteiger partial charge in [-0.2, -0.15) is 0 Å². The summed E-state index contributed by atoms with van der Waals surface area (Å²) in [6.07, 6.45) is 2.23. The Balaban J connectivity index is 1.65. The minimum absolute atomic E-state index is 0.150. The summed E-state index contributed by atoms with van der Waals surface area (Å²) in [5.41, 5.74) is 3.60. The average molecular weight is 337 g/mol. The summed E-state index contributed by atoms with van der Waals surface area (Å²) in [6, 6.07) is 8.62. The molecule has 1 aromatic heterocycles. The molecule has 4 aliphatic rings. The number of Topliss-reactive ketones (excluding diaryl/α,β-unsaturated/α-hetero) is 1. The molecular weight excluding hydrogens is 310 g/mol. The highest BCUT2D eigenvalue weighted by Gasteiger charge is 2.64. The average Bonchev–Trinajstić information content (AvgIpc) is 2.94. The molecule has 4 bridgehead atoms. The smallest absolute Gasteiger partial charge is 0.150 e. The number of piperidine rings is 2. The largest absolute Gasteiger partial charge is 0.358 e. The van der Waals surface area contributed by atoms with E-state index in [0.29, 0.717) is 11.9 Å². The molecule has 0 aliphatic carbocycles. The maximum absolute atomic E-state index is 13.3. The zero-order valence-corrected chi connectivity index (χ0v) is 15.4. The van der Waals surface area contributed by atoms with E-state index in [-0.39, 0.29) is 10.8 Å². The number of nitrogens with zero attached hydrogens (tertiary/aromatic N) is 2. The van der Waals surface area contributed by atoms with Gasteiger partial charge in [-0.25, -0.2) is 0 Å². The molecule has 4 saturated heterocycles. The van der Waals surface area contributed by atoms with Crippen molar-refractivity contribution in [3.05, 3.63) is 35.5 Å². The van der Waals surface area contributed by atoms with Crippen molar-refractivity contribution in [2.45, 2.75) is 39.8 Å². The van der Waals surface area contributed by atoms with E-state index in [0.717, 1.165) is 39.0 Å². The Labute approximate surface area is 149 Å². The lowest BCUT2D eigenvalue weighted by Crippen LogP contribution is -2.76. The van der Waals surface area contributed by atoms with E-state index in [1.165, 1.54) is 22.2 Å². The monoisotopic (exact) mass is 337 g/mol. The van der Waals surface area contributed by atoms with Gasteiger partial charge in [0.2, 0.25) is 0 Å². The van der Waals surface area contributed by atoms with Crippen LogP contribution in [0.3, 0.4) is 0 Å². The topological polar surface area (TPSA) is 39.3 Å². The second-order valence-electron chi connectivity index (χ2n) is 8.49. The molecule has 2 aromatic rings. The van der Waals surface area contributed by atoms with Gasteiger partial charge >= 0.3 is 0 Å². The van der Waals surface area contributed by atoms with Crippen LogP contribution in [0.5, 0.6) is 0 Å². The lowest BCUT2D eigenvalue weighted by molar-refractivity contribution is -0.204. The summed E-state index contributed by atoms with van der Waals surface area (Å²) < 4.78 is 0. The molecule has 0 amide bonds. The van der Waals surface area contributed by atoms with E-state index in [9.17, 15) is 4.79 Å². The van der Waals surface area contributed by atoms with Crippen LogP contribution in [0.4, 0.5) is 0 Å². The number of H-pyrrole nitrogens is 1. The van der Waals surface area contributed by atoms with Gasteiger partial charge in [-0.3, -0.25) is 14.6 Å². The summed E-state index contributed by atoms with van der Waals surface area (Å²) in [5, 5.41) is 1.33. The van der Waals surface area contributed by atoms with Crippen LogP contribution in [0.2, 0.25) is 0 Å². The zero-order valence-electron chi connectivity index (χ0n) is 15.4. The van der Waals surface area contributed by atoms with Gasteiger partial charge in [0.25, 0.3) is 0 Å². The van der Waals surface area contributed by atoms with Crippen molar-refractivity contribution in [1.82, 2.24) is 14.8 Å². The first-order valence-electron chi connectivity index (χ1n) is 9.64. The molecular formula is C21H27N3O. The normalized spacial score (nSPS) is 39.5. The van der Waals surface area contributed by atoms with Gasteiger partial charge in [0.15, 0.2) is 0 Å². The molecule has 6 rings (SSSR count). The number of carbonyl (C=O) groups is 1. The highest BCUT2D eigenvalue weighted by molar-refractivity contribution is 5.93. The molecule has 0 radical (unpaired) electrons. The Morgan fingerprint density at radius 1 is 1.04 bits per heavy atom. The molecule has 5 heterocycles. The third-order valence-corrected chi connectivity index (χ3v) is 7.23. The molecule has 0 saturated carbocycles. The van der Waals surface area contributed by atoms with Crippen LogP contribution in [0, 0.1) is 17.8 Å². The number of rotatable bonds is 3. The molecule has 0 atom stereocenters. The highest BCUT2D eigenvalue weighted by atomic mass is 16.1. The Morgan fingerprint density at radius 3 is 2.16 bits per heavy atom. The predicted octanol–water partition coefficient (Wildman–Crippen LogP) is 3.48. The first-order valence-corrected chi connectivity index (χ1v) is 9.64. The van der Waals surface area contributed by atoms with Crippen molar-refractivity contribution in [1.29, 1.82) is 0 Å². The van der Waals surface area contributed by atoms with E-state index in [4.69, 9.17) is 0 Å². The van der Waals surface area contributed by atoms with E-state index in [1.54, 1.807) is 0 Å². The van der Waals surface area contributed by atoms with E-state index in [2.05, 4.69) is 59.8 Å². The summed E-state index contributed by atoms with van der Waals surface area (Å²) in [7, 11) is 0. The van der Waals surface area contributed by atoms with Crippen LogP contribution in [0.1, 0.15) is 44.1 Å². The first kappa shape index (κ1) is 15.6. The number of nitrogens with one attached hydrogen (secondary N) is 1. The number of hydrogen-bond acceptors (Lipinski definition) is 3. The number of fused-ring (bicyclic) bond motifs is 1. The minimum Gasteiger partial charge on any atom is -0.358 e. The second-order valence-corrected chi connectivity index (χ2v) is 8.49. The molecule has 4 heteroatoms. The summed E-state index contributed by atoms with van der Waals surface area (Å²) >= 11 is 0. The van der Waals surface area contributed by atoms with Gasteiger partial charge in [0.1, 0.15) is 5.78 Å². The Morgan fingerprint density at radius 2 is 1.60 bits per heavy atom. The Kier molecular flexibility index (Phi) is 3.09. The van der Waals surface area contributed by atoms with Crippen LogP contribution in [0.15, 0.2) is 24.3 Å². The lowest BCUT2D eigenvalue weighted by atomic mass is 9.58. The van der Waals surface area contributed by atoms with Crippen molar-refractivity contribution in [3.63, 3.8) is 0 Å². The molecule has 132 valence electrons. The van der Waals surface area contributed by atoms with Gasteiger partial charge in [-0.05, 0) is 25.8 Å². The molecule has 0 spiro atoms. The van der Waals surface area contributed by atoms with Gasteiger partial charge in [-0.15, -0.1) is 0 Å². The van der Waals surface area contributed by atoms with Crippen molar-refractivity contribution >= 4 is 16.7 Å². The van der Waals surface area contributed by atoms with Crippen molar-refractivity contribution < 1.29 is 4.79 Å². The number of aryl methyl sites for hydroxylation is 1. The van der Waals surface area contributed by atoms with Crippen LogP contribution in [-0.2, 0) is 4.79 Å². The van der Waals surface area contributed by atoms with Crippen molar-refractivity contribution in [2.24, 2.45) is 10.8 Å². The minimum atomic E-state index is -0.150. The van der Waals surface area contributed by atoms with E-state index >= 15 is 0 Å². The summed E-state index contributed by atoms with van der Waals surface area (Å²) in [5.74, 6) is 0.548. The highest BCUT2D eigenvalue weighted by Crippen LogP contribution is 2.55. The fourth-order valence-electron chi connectivity index (χ4n) is 5.96. The molecule has 0 unspecified atom stereocenters. The van der Waals surface area contributed by atoms with Gasteiger partial charge in [0, 0.05) is 48.3 Å².